The van der Waals surface area contributed by atoms with Gasteiger partial charge in [-0.3, -0.25) is 4.79 Å². The second kappa shape index (κ2) is 7.04. The standard InChI is InChI=1S/C13H17IN2OS/c1-3-5-9(12(15)18)13(17)16-11-7-4-6-10(14)8(11)2/h4,6-7,9H,3,5H2,1-2H3,(H2,15,18)(H,16,17). The van der Waals surface area contributed by atoms with E-state index in [0.717, 1.165) is 21.2 Å². The van der Waals surface area contributed by atoms with Crippen LogP contribution in [0.1, 0.15) is 25.3 Å². The monoisotopic (exact) mass is 376 g/mol. The van der Waals surface area contributed by atoms with E-state index in [0.29, 0.717) is 6.42 Å². The van der Waals surface area contributed by atoms with Crippen molar-refractivity contribution in [2.24, 2.45) is 11.7 Å². The van der Waals surface area contributed by atoms with E-state index in [-0.39, 0.29) is 16.8 Å². The van der Waals surface area contributed by atoms with Crippen LogP contribution in [0.15, 0.2) is 18.2 Å². The molecule has 1 atom stereocenters. The fourth-order valence-corrected chi connectivity index (χ4v) is 2.38. The van der Waals surface area contributed by atoms with Crippen LogP contribution in [0.3, 0.4) is 0 Å². The highest BCUT2D eigenvalue weighted by molar-refractivity contribution is 14.1. The first-order valence-electron chi connectivity index (χ1n) is 5.82. The lowest BCUT2D eigenvalue weighted by molar-refractivity contribution is -0.118. The zero-order valence-electron chi connectivity index (χ0n) is 10.5. The Hall–Kier alpha value is -0.690. The fraction of sp³-hybridized carbons (Fsp3) is 0.385. The van der Waals surface area contributed by atoms with Crippen molar-refractivity contribution in [1.82, 2.24) is 0 Å². The summed E-state index contributed by atoms with van der Waals surface area (Å²) in [6.45, 7) is 3.99. The first kappa shape index (κ1) is 15.4. The van der Waals surface area contributed by atoms with Gasteiger partial charge in [0.05, 0.1) is 10.9 Å². The van der Waals surface area contributed by atoms with Crippen LogP contribution < -0.4 is 11.1 Å². The first-order chi connectivity index (χ1) is 8.47. The van der Waals surface area contributed by atoms with Crippen LogP contribution >= 0.6 is 34.8 Å². The summed E-state index contributed by atoms with van der Waals surface area (Å²) in [6, 6.07) is 5.81. The number of nitrogens with two attached hydrogens (primary N) is 1. The van der Waals surface area contributed by atoms with Gasteiger partial charge in [0.2, 0.25) is 5.91 Å². The van der Waals surface area contributed by atoms with E-state index >= 15 is 0 Å². The van der Waals surface area contributed by atoms with Crippen molar-refractivity contribution in [2.45, 2.75) is 26.7 Å². The molecule has 3 N–H and O–H groups in total. The van der Waals surface area contributed by atoms with E-state index in [1.165, 1.54) is 0 Å². The molecule has 0 bridgehead atoms. The predicted octanol–water partition coefficient (Wildman–Crippen LogP) is 3.24. The molecule has 0 saturated heterocycles. The van der Waals surface area contributed by atoms with Gasteiger partial charge in [0.25, 0.3) is 0 Å². The van der Waals surface area contributed by atoms with Crippen molar-refractivity contribution < 1.29 is 4.79 Å². The highest BCUT2D eigenvalue weighted by Crippen LogP contribution is 2.21. The zero-order chi connectivity index (χ0) is 13.7. The lowest BCUT2D eigenvalue weighted by atomic mass is 10.0. The summed E-state index contributed by atoms with van der Waals surface area (Å²) >= 11 is 7.19. The zero-order valence-corrected chi connectivity index (χ0v) is 13.5. The van der Waals surface area contributed by atoms with E-state index in [1.807, 2.05) is 32.0 Å². The molecule has 0 aliphatic carbocycles. The average Bonchev–Trinajstić information content (AvgIpc) is 2.31. The van der Waals surface area contributed by atoms with Crippen LogP contribution in [0.25, 0.3) is 0 Å². The molecule has 3 nitrogen and oxygen atoms in total. The van der Waals surface area contributed by atoms with E-state index in [2.05, 4.69) is 27.9 Å². The van der Waals surface area contributed by atoms with Crippen molar-refractivity contribution in [3.63, 3.8) is 0 Å². The predicted molar refractivity (Wildman–Crippen MR) is 87.7 cm³/mol. The second-order valence-electron chi connectivity index (χ2n) is 4.15. The summed E-state index contributed by atoms with van der Waals surface area (Å²) in [7, 11) is 0. The van der Waals surface area contributed by atoms with Gasteiger partial charge in [0, 0.05) is 9.26 Å². The maximum Gasteiger partial charge on any atom is 0.234 e. The molecule has 0 saturated carbocycles. The number of hydrogen-bond acceptors (Lipinski definition) is 2. The minimum Gasteiger partial charge on any atom is -0.393 e. The molecule has 1 rings (SSSR count). The van der Waals surface area contributed by atoms with Gasteiger partial charge in [0.1, 0.15) is 0 Å². The van der Waals surface area contributed by atoms with Gasteiger partial charge in [-0.25, -0.2) is 0 Å². The number of hydrogen-bond donors (Lipinski definition) is 2. The number of rotatable bonds is 5. The third kappa shape index (κ3) is 3.91. The molecule has 98 valence electrons. The molecular weight excluding hydrogens is 359 g/mol. The lowest BCUT2D eigenvalue weighted by Crippen LogP contribution is -2.33. The molecule has 1 amide bonds. The molecule has 1 aromatic carbocycles. The minimum absolute atomic E-state index is 0.116. The third-order valence-electron chi connectivity index (χ3n) is 2.76. The molecular formula is C13H17IN2OS. The average molecular weight is 376 g/mol. The summed E-state index contributed by atoms with van der Waals surface area (Å²) < 4.78 is 1.12. The Morgan fingerprint density at radius 1 is 1.56 bits per heavy atom. The van der Waals surface area contributed by atoms with Crippen LogP contribution in [-0.2, 0) is 4.79 Å². The molecule has 1 unspecified atom stereocenters. The Labute approximate surface area is 127 Å². The maximum atomic E-state index is 12.1. The first-order valence-corrected chi connectivity index (χ1v) is 7.31. The Morgan fingerprint density at radius 2 is 2.22 bits per heavy atom. The van der Waals surface area contributed by atoms with Crippen LogP contribution in [0, 0.1) is 16.4 Å². The van der Waals surface area contributed by atoms with Gasteiger partial charge in [-0.2, -0.15) is 0 Å². The summed E-state index contributed by atoms with van der Waals surface area (Å²) in [5.74, 6) is -0.503. The summed E-state index contributed by atoms with van der Waals surface area (Å²) in [5.41, 5.74) is 7.50. The minimum atomic E-state index is -0.387. The van der Waals surface area contributed by atoms with Crippen molar-refractivity contribution in [2.75, 3.05) is 5.32 Å². The molecule has 0 radical (unpaired) electrons. The van der Waals surface area contributed by atoms with E-state index in [9.17, 15) is 4.79 Å². The van der Waals surface area contributed by atoms with Crippen molar-refractivity contribution in [1.29, 1.82) is 0 Å². The fourth-order valence-electron chi connectivity index (χ4n) is 1.65. The van der Waals surface area contributed by atoms with E-state index in [1.54, 1.807) is 0 Å². The topological polar surface area (TPSA) is 55.1 Å². The highest BCUT2D eigenvalue weighted by atomic mass is 127. The van der Waals surface area contributed by atoms with Crippen molar-refractivity contribution >= 4 is 51.4 Å². The number of anilines is 1. The molecule has 0 aromatic heterocycles. The molecule has 1 aromatic rings. The van der Waals surface area contributed by atoms with E-state index < -0.39 is 0 Å². The van der Waals surface area contributed by atoms with Crippen molar-refractivity contribution in [3.05, 3.63) is 27.3 Å². The third-order valence-corrected chi connectivity index (χ3v) is 4.22. The Morgan fingerprint density at radius 3 is 2.78 bits per heavy atom. The summed E-state index contributed by atoms with van der Waals surface area (Å²) in [5, 5.41) is 2.91. The SMILES string of the molecule is CCCC(C(=O)Nc1cccc(I)c1C)C(N)=S. The van der Waals surface area contributed by atoms with E-state index in [4.69, 9.17) is 18.0 Å². The summed E-state index contributed by atoms with van der Waals surface area (Å²) in [4.78, 5) is 12.4. The molecule has 0 spiro atoms. The highest BCUT2D eigenvalue weighted by Gasteiger charge is 2.21. The number of halogens is 1. The van der Waals surface area contributed by atoms with Gasteiger partial charge >= 0.3 is 0 Å². The van der Waals surface area contributed by atoms with Crippen LogP contribution in [0.4, 0.5) is 5.69 Å². The number of thiocarbonyl (C=S) groups is 1. The van der Waals surface area contributed by atoms with Crippen LogP contribution in [0.2, 0.25) is 0 Å². The van der Waals surface area contributed by atoms with Gasteiger partial charge in [-0.1, -0.05) is 31.6 Å². The van der Waals surface area contributed by atoms with Gasteiger partial charge in [0.15, 0.2) is 0 Å². The molecule has 5 heteroatoms. The normalized spacial score (nSPS) is 11.9. The molecule has 0 heterocycles. The maximum absolute atomic E-state index is 12.1. The Kier molecular flexibility index (Phi) is 6.01. The second-order valence-corrected chi connectivity index (χ2v) is 5.78. The van der Waals surface area contributed by atoms with Gasteiger partial charge in [-0.15, -0.1) is 0 Å². The van der Waals surface area contributed by atoms with Crippen LogP contribution in [-0.4, -0.2) is 10.9 Å². The molecule has 0 aliphatic rings. The quantitative estimate of drug-likeness (QED) is 0.613. The molecule has 18 heavy (non-hydrogen) atoms. The molecule has 0 fully saturated rings. The number of nitrogens with one attached hydrogen (secondary N) is 1. The number of benzene rings is 1. The van der Waals surface area contributed by atoms with Gasteiger partial charge < -0.3 is 11.1 Å². The number of amides is 1. The Bertz CT molecular complexity index is 462. The van der Waals surface area contributed by atoms with Gasteiger partial charge in [-0.05, 0) is 53.6 Å². The van der Waals surface area contributed by atoms with Crippen molar-refractivity contribution in [3.8, 4) is 0 Å². The molecule has 0 aliphatic heterocycles. The summed E-state index contributed by atoms with van der Waals surface area (Å²) in [6.07, 6.45) is 1.56. The lowest BCUT2D eigenvalue weighted by Gasteiger charge is -2.16. The van der Waals surface area contributed by atoms with Crippen LogP contribution in [0.5, 0.6) is 0 Å². The Balaban J connectivity index is 2.86. The largest absolute Gasteiger partial charge is 0.393 e. The smallest absolute Gasteiger partial charge is 0.234 e. The number of carbonyl (C=O) groups is 1. The number of carbonyl (C=O) groups excluding carboxylic acids is 1.